The molecule has 1 aromatic carbocycles. The first-order valence-corrected chi connectivity index (χ1v) is 7.13. The molecule has 6 heteroatoms. The molecule has 0 radical (unpaired) electrons. The molecule has 0 bridgehead atoms. The fourth-order valence-electron chi connectivity index (χ4n) is 2.33. The molecule has 1 amide bonds. The number of carbonyl (C=O) groups is 2. The van der Waals surface area contributed by atoms with Gasteiger partial charge in [-0.25, -0.2) is 4.79 Å². The van der Waals surface area contributed by atoms with Crippen molar-refractivity contribution in [2.45, 2.75) is 31.2 Å². The highest BCUT2D eigenvalue weighted by molar-refractivity contribution is 9.10. The van der Waals surface area contributed by atoms with Crippen molar-refractivity contribution in [3.8, 4) is 0 Å². The normalized spacial score (nSPS) is 17.2. The van der Waals surface area contributed by atoms with E-state index in [9.17, 15) is 14.7 Å². The molecule has 0 heterocycles. The molecule has 0 aromatic heterocycles. The minimum absolute atomic E-state index is 0.347. The number of benzene rings is 1. The van der Waals surface area contributed by atoms with Crippen LogP contribution in [0.15, 0.2) is 22.7 Å². The van der Waals surface area contributed by atoms with Crippen LogP contribution < -0.4 is 5.32 Å². The summed E-state index contributed by atoms with van der Waals surface area (Å²) in [6.07, 6.45) is 2.55. The summed E-state index contributed by atoms with van der Waals surface area (Å²) in [6.45, 7) is 0. The minimum Gasteiger partial charge on any atom is -0.480 e. The predicted molar refractivity (Wildman–Crippen MR) is 75.5 cm³/mol. The monoisotopic (exact) mass is 345 g/mol. The maximum Gasteiger partial charge on any atom is 0.329 e. The summed E-state index contributed by atoms with van der Waals surface area (Å²) < 4.78 is 0.591. The highest BCUT2D eigenvalue weighted by atomic mass is 79.9. The average Bonchev–Trinajstić information content (AvgIpc) is 2.82. The number of halogens is 2. The minimum atomic E-state index is -1.14. The van der Waals surface area contributed by atoms with E-state index in [1.54, 1.807) is 12.1 Å². The Bertz CT molecular complexity index is 527. The Balaban J connectivity index is 2.25. The molecule has 2 rings (SSSR count). The third-order valence-corrected chi connectivity index (χ3v) is 4.32. The standard InChI is InChI=1S/C13H13BrClNO3/c14-10-4-3-8(15)7-9(10)11(17)16-13(12(18)19)5-1-2-6-13/h3-4,7H,1-2,5-6H2,(H,16,17)(H,18,19). The van der Waals surface area contributed by atoms with Crippen LogP contribution in [0.1, 0.15) is 36.0 Å². The Labute approximate surface area is 124 Å². The molecular formula is C13H13BrClNO3. The van der Waals surface area contributed by atoms with Crippen LogP contribution in [0.2, 0.25) is 5.02 Å². The van der Waals surface area contributed by atoms with Crippen LogP contribution in [0.25, 0.3) is 0 Å². The van der Waals surface area contributed by atoms with Crippen molar-refractivity contribution in [2.75, 3.05) is 0 Å². The first-order valence-electron chi connectivity index (χ1n) is 5.95. The number of rotatable bonds is 3. The lowest BCUT2D eigenvalue weighted by molar-refractivity contribution is -0.144. The SMILES string of the molecule is O=C(NC1(C(=O)O)CCCC1)c1cc(Cl)ccc1Br. The zero-order valence-electron chi connectivity index (χ0n) is 10.1. The van der Waals surface area contributed by atoms with Crippen LogP contribution in [-0.4, -0.2) is 22.5 Å². The van der Waals surface area contributed by atoms with E-state index in [0.717, 1.165) is 12.8 Å². The largest absolute Gasteiger partial charge is 0.480 e. The molecule has 102 valence electrons. The number of aliphatic carboxylic acids is 1. The Hall–Kier alpha value is -1.07. The van der Waals surface area contributed by atoms with E-state index >= 15 is 0 Å². The van der Waals surface area contributed by atoms with E-state index in [1.165, 1.54) is 6.07 Å². The topological polar surface area (TPSA) is 66.4 Å². The molecule has 0 unspecified atom stereocenters. The van der Waals surface area contributed by atoms with Gasteiger partial charge in [0.05, 0.1) is 5.56 Å². The predicted octanol–water partition coefficient (Wildman–Crippen LogP) is 3.23. The van der Waals surface area contributed by atoms with E-state index in [-0.39, 0.29) is 0 Å². The van der Waals surface area contributed by atoms with Crippen LogP contribution >= 0.6 is 27.5 Å². The second-order valence-electron chi connectivity index (χ2n) is 4.67. The molecule has 2 N–H and O–H groups in total. The Morgan fingerprint density at radius 3 is 2.53 bits per heavy atom. The molecule has 0 spiro atoms. The molecule has 0 saturated heterocycles. The smallest absolute Gasteiger partial charge is 0.329 e. The van der Waals surface area contributed by atoms with Crippen LogP contribution in [-0.2, 0) is 4.79 Å². The Kier molecular flexibility index (Phi) is 4.16. The van der Waals surface area contributed by atoms with Gasteiger partial charge in [0.15, 0.2) is 0 Å². The van der Waals surface area contributed by atoms with E-state index in [2.05, 4.69) is 21.2 Å². The highest BCUT2D eigenvalue weighted by Crippen LogP contribution is 2.31. The van der Waals surface area contributed by atoms with Gasteiger partial charge in [0.1, 0.15) is 5.54 Å². The number of hydrogen-bond acceptors (Lipinski definition) is 2. The van der Waals surface area contributed by atoms with Crippen molar-refractivity contribution in [1.82, 2.24) is 5.32 Å². The van der Waals surface area contributed by atoms with E-state index in [4.69, 9.17) is 11.6 Å². The van der Waals surface area contributed by atoms with E-state index < -0.39 is 17.4 Å². The van der Waals surface area contributed by atoms with Crippen LogP contribution in [0, 0.1) is 0 Å². The van der Waals surface area contributed by atoms with Crippen LogP contribution in [0.3, 0.4) is 0 Å². The molecule has 1 saturated carbocycles. The van der Waals surface area contributed by atoms with E-state index in [1.807, 2.05) is 0 Å². The van der Waals surface area contributed by atoms with Crippen molar-refractivity contribution in [3.05, 3.63) is 33.3 Å². The number of nitrogens with one attached hydrogen (secondary N) is 1. The zero-order chi connectivity index (χ0) is 14.0. The third-order valence-electron chi connectivity index (χ3n) is 3.39. The lowest BCUT2D eigenvalue weighted by atomic mass is 9.97. The number of carboxylic acids is 1. The lowest BCUT2D eigenvalue weighted by Crippen LogP contribution is -2.52. The van der Waals surface area contributed by atoms with Gasteiger partial charge in [-0.2, -0.15) is 0 Å². The van der Waals surface area contributed by atoms with Crippen molar-refractivity contribution < 1.29 is 14.7 Å². The summed E-state index contributed by atoms with van der Waals surface area (Å²) in [5.41, 5.74) is -0.793. The molecular weight excluding hydrogens is 334 g/mol. The van der Waals surface area contributed by atoms with Crippen molar-refractivity contribution in [2.24, 2.45) is 0 Å². The summed E-state index contributed by atoms with van der Waals surface area (Å²) in [4.78, 5) is 23.6. The van der Waals surface area contributed by atoms with Gasteiger partial charge in [0, 0.05) is 9.50 Å². The van der Waals surface area contributed by atoms with Gasteiger partial charge < -0.3 is 10.4 Å². The summed E-state index contributed by atoms with van der Waals surface area (Å²) >= 11 is 9.13. The van der Waals surface area contributed by atoms with Crippen LogP contribution in [0.5, 0.6) is 0 Å². The Morgan fingerprint density at radius 1 is 1.32 bits per heavy atom. The third kappa shape index (κ3) is 2.92. The fourth-order valence-corrected chi connectivity index (χ4v) is 2.93. The maximum absolute atomic E-state index is 12.2. The van der Waals surface area contributed by atoms with Gasteiger partial charge in [-0.05, 0) is 47.0 Å². The summed E-state index contributed by atoms with van der Waals surface area (Å²) in [7, 11) is 0. The first kappa shape index (κ1) is 14.3. The number of carboxylic acid groups (broad SMARTS) is 1. The molecule has 19 heavy (non-hydrogen) atoms. The fraction of sp³-hybridized carbons (Fsp3) is 0.385. The molecule has 1 aliphatic carbocycles. The van der Waals surface area contributed by atoms with Gasteiger partial charge in [-0.1, -0.05) is 24.4 Å². The van der Waals surface area contributed by atoms with Gasteiger partial charge in [0.25, 0.3) is 5.91 Å². The van der Waals surface area contributed by atoms with Gasteiger partial charge >= 0.3 is 5.97 Å². The molecule has 0 atom stereocenters. The van der Waals surface area contributed by atoms with Crippen LogP contribution in [0.4, 0.5) is 0 Å². The van der Waals surface area contributed by atoms with Crippen molar-refractivity contribution in [3.63, 3.8) is 0 Å². The second-order valence-corrected chi connectivity index (χ2v) is 5.96. The average molecular weight is 347 g/mol. The van der Waals surface area contributed by atoms with Crippen molar-refractivity contribution >= 4 is 39.4 Å². The summed E-state index contributed by atoms with van der Waals surface area (Å²) in [6, 6.07) is 4.84. The van der Waals surface area contributed by atoms with Crippen molar-refractivity contribution in [1.29, 1.82) is 0 Å². The first-order chi connectivity index (χ1) is 8.94. The molecule has 0 aliphatic heterocycles. The second kappa shape index (κ2) is 5.51. The Morgan fingerprint density at radius 2 is 1.95 bits per heavy atom. The maximum atomic E-state index is 12.2. The number of amides is 1. The van der Waals surface area contributed by atoms with E-state index in [0.29, 0.717) is 27.9 Å². The highest BCUT2D eigenvalue weighted by Gasteiger charge is 2.42. The zero-order valence-corrected chi connectivity index (χ0v) is 12.4. The molecule has 1 aliphatic rings. The van der Waals surface area contributed by atoms with Gasteiger partial charge in [-0.15, -0.1) is 0 Å². The lowest BCUT2D eigenvalue weighted by Gasteiger charge is -2.25. The molecule has 1 aromatic rings. The summed E-state index contributed by atoms with van der Waals surface area (Å²) in [5, 5.41) is 12.4. The number of hydrogen-bond donors (Lipinski definition) is 2. The molecule has 4 nitrogen and oxygen atoms in total. The number of carbonyl (C=O) groups excluding carboxylic acids is 1. The molecule has 1 fully saturated rings. The summed E-state index contributed by atoms with van der Waals surface area (Å²) in [5.74, 6) is -1.39. The quantitative estimate of drug-likeness (QED) is 0.883. The van der Waals surface area contributed by atoms with Gasteiger partial charge in [0.2, 0.25) is 0 Å². The van der Waals surface area contributed by atoms with Gasteiger partial charge in [-0.3, -0.25) is 4.79 Å².